The molecule has 0 spiro atoms. The molecule has 3 rings (SSSR count). The zero-order chi connectivity index (χ0) is 13.2. The fourth-order valence-electron chi connectivity index (χ4n) is 2.34. The molecule has 1 nitrogen and oxygen atoms in total. The number of halogens is 2. The highest BCUT2D eigenvalue weighted by Gasteiger charge is 2.19. The van der Waals surface area contributed by atoms with Crippen LogP contribution in [0.3, 0.4) is 0 Å². The summed E-state index contributed by atoms with van der Waals surface area (Å²) >= 11 is 0. The van der Waals surface area contributed by atoms with Gasteiger partial charge in [-0.05, 0) is 29.3 Å². The van der Waals surface area contributed by atoms with Crippen LogP contribution in [0.15, 0.2) is 54.6 Å². The third-order valence-electron chi connectivity index (χ3n) is 3.31. The number of nitrogens with one attached hydrogen (secondary N) is 1. The third kappa shape index (κ3) is 2.42. The SMILES string of the molecule is Fc1ccc(F)c(C2=C[C@@H](c3ccccc3)NC2)c1. The minimum absolute atomic E-state index is 0.0545. The largest absolute Gasteiger partial charge is 0.303 e. The smallest absolute Gasteiger partial charge is 0.130 e. The topological polar surface area (TPSA) is 12.0 Å². The molecule has 1 atom stereocenters. The van der Waals surface area contributed by atoms with Crippen molar-refractivity contribution in [2.24, 2.45) is 0 Å². The number of hydrogen-bond acceptors (Lipinski definition) is 1. The maximum atomic E-state index is 13.7. The first kappa shape index (κ1) is 12.1. The molecule has 2 aromatic carbocycles. The van der Waals surface area contributed by atoms with Crippen LogP contribution in [0.5, 0.6) is 0 Å². The Kier molecular flexibility index (Phi) is 3.13. The molecule has 1 aliphatic rings. The second kappa shape index (κ2) is 4.94. The van der Waals surface area contributed by atoms with E-state index in [0.29, 0.717) is 12.1 Å². The summed E-state index contributed by atoms with van der Waals surface area (Å²) < 4.78 is 26.9. The van der Waals surface area contributed by atoms with E-state index in [4.69, 9.17) is 0 Å². The fraction of sp³-hybridized carbons (Fsp3) is 0.125. The molecule has 96 valence electrons. The lowest BCUT2D eigenvalue weighted by Gasteiger charge is -2.07. The molecule has 0 amide bonds. The minimum atomic E-state index is -0.416. The summed E-state index contributed by atoms with van der Waals surface area (Å²) in [4.78, 5) is 0. The Morgan fingerprint density at radius 2 is 1.79 bits per heavy atom. The van der Waals surface area contributed by atoms with Gasteiger partial charge in [-0.15, -0.1) is 0 Å². The van der Waals surface area contributed by atoms with Crippen LogP contribution in [0.25, 0.3) is 5.57 Å². The molecule has 0 saturated carbocycles. The Bertz CT molecular complexity index is 620. The van der Waals surface area contributed by atoms with E-state index in [0.717, 1.165) is 17.2 Å². The van der Waals surface area contributed by atoms with Gasteiger partial charge < -0.3 is 5.32 Å². The lowest BCUT2D eigenvalue weighted by Crippen LogP contribution is -2.14. The summed E-state index contributed by atoms with van der Waals surface area (Å²) in [5.41, 5.74) is 2.26. The monoisotopic (exact) mass is 257 g/mol. The van der Waals surface area contributed by atoms with Gasteiger partial charge in [0, 0.05) is 12.1 Å². The average molecular weight is 257 g/mol. The maximum absolute atomic E-state index is 13.7. The summed E-state index contributed by atoms with van der Waals surface area (Å²) in [7, 11) is 0. The van der Waals surface area contributed by atoms with Crippen LogP contribution in [0, 0.1) is 11.6 Å². The molecule has 19 heavy (non-hydrogen) atoms. The summed E-state index contributed by atoms with van der Waals surface area (Å²) in [6.07, 6.45) is 1.95. The van der Waals surface area contributed by atoms with Gasteiger partial charge in [0.25, 0.3) is 0 Å². The lowest BCUT2D eigenvalue weighted by molar-refractivity contribution is 0.596. The molecule has 0 fully saturated rings. The fourth-order valence-corrected chi connectivity index (χ4v) is 2.34. The third-order valence-corrected chi connectivity index (χ3v) is 3.31. The predicted molar refractivity (Wildman–Crippen MR) is 71.5 cm³/mol. The van der Waals surface area contributed by atoms with Crippen molar-refractivity contribution in [1.29, 1.82) is 0 Å². The maximum Gasteiger partial charge on any atom is 0.130 e. The second-order valence-electron chi connectivity index (χ2n) is 4.59. The zero-order valence-corrected chi connectivity index (χ0v) is 10.2. The molecule has 0 bridgehead atoms. The molecule has 1 aliphatic heterocycles. The highest BCUT2D eigenvalue weighted by Crippen LogP contribution is 2.28. The van der Waals surface area contributed by atoms with Gasteiger partial charge in [0.15, 0.2) is 0 Å². The Morgan fingerprint density at radius 3 is 2.58 bits per heavy atom. The van der Waals surface area contributed by atoms with Crippen LogP contribution in [-0.4, -0.2) is 6.54 Å². The van der Waals surface area contributed by atoms with Crippen LogP contribution >= 0.6 is 0 Å². The van der Waals surface area contributed by atoms with Gasteiger partial charge in [-0.2, -0.15) is 0 Å². The average Bonchev–Trinajstić information content (AvgIpc) is 2.92. The summed E-state index contributed by atoms with van der Waals surface area (Å²) in [5, 5.41) is 3.29. The summed E-state index contributed by atoms with van der Waals surface area (Å²) in [6.45, 7) is 0.542. The van der Waals surface area contributed by atoms with Crippen molar-refractivity contribution in [3.63, 3.8) is 0 Å². The van der Waals surface area contributed by atoms with Gasteiger partial charge in [-0.25, -0.2) is 8.78 Å². The van der Waals surface area contributed by atoms with E-state index in [1.54, 1.807) is 0 Å². The molecule has 0 aliphatic carbocycles. The quantitative estimate of drug-likeness (QED) is 0.865. The minimum Gasteiger partial charge on any atom is -0.303 e. The van der Waals surface area contributed by atoms with Crippen LogP contribution in [0.4, 0.5) is 8.78 Å². The van der Waals surface area contributed by atoms with Gasteiger partial charge in [0.05, 0.1) is 6.04 Å². The summed E-state index contributed by atoms with van der Waals surface area (Å²) in [6, 6.07) is 13.5. The molecule has 2 aromatic rings. The first-order chi connectivity index (χ1) is 9.24. The van der Waals surface area contributed by atoms with Crippen LogP contribution < -0.4 is 5.32 Å². The summed E-state index contributed by atoms with van der Waals surface area (Å²) in [5.74, 6) is -0.802. The highest BCUT2D eigenvalue weighted by atomic mass is 19.1. The van der Waals surface area contributed by atoms with E-state index in [-0.39, 0.29) is 11.9 Å². The molecule has 1 N–H and O–H groups in total. The van der Waals surface area contributed by atoms with Crippen molar-refractivity contribution >= 4 is 5.57 Å². The van der Waals surface area contributed by atoms with E-state index in [1.165, 1.54) is 12.1 Å². The molecular formula is C16H13F2N. The van der Waals surface area contributed by atoms with E-state index >= 15 is 0 Å². The van der Waals surface area contributed by atoms with E-state index in [9.17, 15) is 8.78 Å². The lowest BCUT2D eigenvalue weighted by atomic mass is 10.0. The number of hydrogen-bond donors (Lipinski definition) is 1. The van der Waals surface area contributed by atoms with Crippen molar-refractivity contribution in [2.75, 3.05) is 6.54 Å². The molecule has 3 heteroatoms. The van der Waals surface area contributed by atoms with Gasteiger partial charge >= 0.3 is 0 Å². The molecule has 0 saturated heterocycles. The number of rotatable bonds is 2. The first-order valence-corrected chi connectivity index (χ1v) is 6.18. The second-order valence-corrected chi connectivity index (χ2v) is 4.59. The molecule has 1 heterocycles. The van der Waals surface area contributed by atoms with E-state index < -0.39 is 5.82 Å². The standard InChI is InChI=1S/C16H13F2N/c17-13-6-7-15(18)14(9-13)12-8-16(19-10-12)11-4-2-1-3-5-11/h1-9,16,19H,10H2/t16-/m0/s1. The van der Waals surface area contributed by atoms with Gasteiger partial charge in [-0.1, -0.05) is 36.4 Å². The van der Waals surface area contributed by atoms with E-state index in [1.807, 2.05) is 36.4 Å². The Hall–Kier alpha value is -2.00. The van der Waals surface area contributed by atoms with Gasteiger partial charge in [0.2, 0.25) is 0 Å². The highest BCUT2D eigenvalue weighted by molar-refractivity contribution is 5.70. The van der Waals surface area contributed by atoms with Gasteiger partial charge in [0.1, 0.15) is 11.6 Å². The van der Waals surface area contributed by atoms with Gasteiger partial charge in [-0.3, -0.25) is 0 Å². The molecule has 0 radical (unpaired) electrons. The predicted octanol–water partition coefficient (Wildman–Crippen LogP) is 3.69. The Labute approximate surface area is 110 Å². The number of benzene rings is 2. The molecular weight excluding hydrogens is 244 g/mol. The Morgan fingerprint density at radius 1 is 1.00 bits per heavy atom. The van der Waals surface area contributed by atoms with Crippen molar-refractivity contribution in [2.45, 2.75) is 6.04 Å². The van der Waals surface area contributed by atoms with Crippen LogP contribution in [0.2, 0.25) is 0 Å². The Balaban J connectivity index is 1.93. The van der Waals surface area contributed by atoms with Crippen molar-refractivity contribution in [3.8, 4) is 0 Å². The molecule has 0 aromatic heterocycles. The zero-order valence-electron chi connectivity index (χ0n) is 10.2. The van der Waals surface area contributed by atoms with Crippen molar-refractivity contribution in [3.05, 3.63) is 77.4 Å². The van der Waals surface area contributed by atoms with Crippen LogP contribution in [0.1, 0.15) is 17.2 Å². The van der Waals surface area contributed by atoms with E-state index in [2.05, 4.69) is 5.32 Å². The first-order valence-electron chi connectivity index (χ1n) is 6.18. The van der Waals surface area contributed by atoms with Crippen molar-refractivity contribution < 1.29 is 8.78 Å². The normalized spacial score (nSPS) is 18.4. The van der Waals surface area contributed by atoms with Crippen LogP contribution in [-0.2, 0) is 0 Å². The molecule has 0 unspecified atom stereocenters. The van der Waals surface area contributed by atoms with Crippen molar-refractivity contribution in [1.82, 2.24) is 5.32 Å².